The lowest BCUT2D eigenvalue weighted by molar-refractivity contribution is -0.122. The number of hydrogen-bond acceptors (Lipinski definition) is 3. The molecule has 0 heterocycles. The number of sulfonamides is 1. The van der Waals surface area contributed by atoms with Crippen molar-refractivity contribution < 1.29 is 17.6 Å². The number of nitrogens with zero attached hydrogens (tertiary/aromatic N) is 1. The van der Waals surface area contributed by atoms with Crippen LogP contribution in [0.15, 0.2) is 36.4 Å². The van der Waals surface area contributed by atoms with Gasteiger partial charge < -0.3 is 5.32 Å². The molecule has 0 saturated heterocycles. The van der Waals surface area contributed by atoms with E-state index < -0.39 is 27.8 Å². The number of halogens is 2. The fraction of sp³-hybridized carbons (Fsp3) is 0.381. The molecule has 0 aliphatic carbocycles. The van der Waals surface area contributed by atoms with Gasteiger partial charge in [-0.1, -0.05) is 36.7 Å². The van der Waals surface area contributed by atoms with Crippen molar-refractivity contribution in [1.82, 2.24) is 5.32 Å². The normalized spacial score (nSPS) is 13.6. The van der Waals surface area contributed by atoms with Crippen molar-refractivity contribution in [2.24, 2.45) is 0 Å². The van der Waals surface area contributed by atoms with E-state index in [1.165, 1.54) is 12.1 Å². The second-order valence-electron chi connectivity index (χ2n) is 7.16. The first-order valence-corrected chi connectivity index (χ1v) is 11.5. The number of nitrogens with one attached hydrogen (secondary N) is 1. The van der Waals surface area contributed by atoms with Gasteiger partial charge in [-0.3, -0.25) is 9.10 Å². The molecule has 158 valence electrons. The Labute approximate surface area is 176 Å². The SMILES string of the molecule is CC[C@@H](C(=O)N[C@@H](C)c1ccc(C)c(C)c1)N(c1ccc(F)c(Cl)c1)S(C)(=O)=O. The Balaban J connectivity index is 2.34. The van der Waals surface area contributed by atoms with Gasteiger partial charge in [-0.25, -0.2) is 12.8 Å². The fourth-order valence-electron chi connectivity index (χ4n) is 3.11. The van der Waals surface area contributed by atoms with E-state index in [0.717, 1.165) is 33.3 Å². The number of carbonyl (C=O) groups is 1. The quantitative estimate of drug-likeness (QED) is 0.688. The van der Waals surface area contributed by atoms with Crippen LogP contribution in [-0.2, 0) is 14.8 Å². The molecular formula is C21H26ClFN2O3S. The van der Waals surface area contributed by atoms with Gasteiger partial charge in [0, 0.05) is 0 Å². The third-order valence-electron chi connectivity index (χ3n) is 4.88. The van der Waals surface area contributed by atoms with E-state index in [4.69, 9.17) is 11.6 Å². The zero-order valence-corrected chi connectivity index (χ0v) is 18.7. The summed E-state index contributed by atoms with van der Waals surface area (Å²) in [5, 5.41) is 2.68. The second-order valence-corrected chi connectivity index (χ2v) is 9.42. The minimum Gasteiger partial charge on any atom is -0.348 e. The van der Waals surface area contributed by atoms with Crippen LogP contribution < -0.4 is 9.62 Å². The molecule has 1 amide bonds. The van der Waals surface area contributed by atoms with E-state index in [1.54, 1.807) is 6.92 Å². The molecule has 2 aromatic carbocycles. The molecule has 2 rings (SSSR count). The predicted octanol–water partition coefficient (Wildman–Crippen LogP) is 4.52. The zero-order chi connectivity index (χ0) is 21.9. The van der Waals surface area contributed by atoms with Crippen LogP contribution in [0.1, 0.15) is 43.0 Å². The van der Waals surface area contributed by atoms with E-state index in [9.17, 15) is 17.6 Å². The van der Waals surface area contributed by atoms with Crippen molar-refractivity contribution in [2.45, 2.75) is 46.2 Å². The summed E-state index contributed by atoms with van der Waals surface area (Å²) in [5.74, 6) is -1.10. The molecule has 0 radical (unpaired) electrons. The van der Waals surface area contributed by atoms with Crippen LogP contribution in [0.4, 0.5) is 10.1 Å². The minimum atomic E-state index is -3.83. The Morgan fingerprint density at radius 1 is 1.17 bits per heavy atom. The van der Waals surface area contributed by atoms with Crippen molar-refractivity contribution >= 4 is 33.2 Å². The monoisotopic (exact) mass is 440 g/mol. The molecule has 0 fully saturated rings. The maximum absolute atomic E-state index is 13.5. The van der Waals surface area contributed by atoms with Crippen LogP contribution in [0, 0.1) is 19.7 Å². The lowest BCUT2D eigenvalue weighted by Gasteiger charge is -2.31. The van der Waals surface area contributed by atoms with Gasteiger partial charge in [0.2, 0.25) is 15.9 Å². The highest BCUT2D eigenvalue weighted by molar-refractivity contribution is 7.92. The Morgan fingerprint density at radius 2 is 1.83 bits per heavy atom. The van der Waals surface area contributed by atoms with Crippen molar-refractivity contribution in [3.8, 4) is 0 Å². The number of hydrogen-bond donors (Lipinski definition) is 1. The van der Waals surface area contributed by atoms with Gasteiger partial charge in [0.25, 0.3) is 0 Å². The van der Waals surface area contributed by atoms with Gasteiger partial charge in [-0.2, -0.15) is 0 Å². The molecule has 0 saturated carbocycles. The average Bonchev–Trinajstić information content (AvgIpc) is 2.63. The van der Waals surface area contributed by atoms with Gasteiger partial charge >= 0.3 is 0 Å². The Bertz CT molecular complexity index is 1010. The number of aryl methyl sites for hydroxylation is 2. The highest BCUT2D eigenvalue weighted by Gasteiger charge is 2.32. The molecule has 29 heavy (non-hydrogen) atoms. The van der Waals surface area contributed by atoms with Gasteiger partial charge in [0.05, 0.1) is 23.0 Å². The molecular weight excluding hydrogens is 415 g/mol. The van der Waals surface area contributed by atoms with Crippen molar-refractivity contribution in [2.75, 3.05) is 10.6 Å². The average molecular weight is 441 g/mol. The molecule has 0 aliphatic rings. The summed E-state index contributed by atoms with van der Waals surface area (Å²) in [6.07, 6.45) is 1.24. The summed E-state index contributed by atoms with van der Waals surface area (Å²) < 4.78 is 39.5. The third kappa shape index (κ3) is 5.48. The van der Waals surface area contributed by atoms with Crippen LogP contribution in [0.25, 0.3) is 0 Å². The number of rotatable bonds is 7. The lowest BCUT2D eigenvalue weighted by Crippen LogP contribution is -2.49. The van der Waals surface area contributed by atoms with Crippen molar-refractivity contribution in [3.05, 3.63) is 63.9 Å². The number of amides is 1. The first kappa shape index (κ1) is 23.2. The highest BCUT2D eigenvalue weighted by Crippen LogP contribution is 2.28. The van der Waals surface area contributed by atoms with Crippen molar-refractivity contribution in [1.29, 1.82) is 0 Å². The van der Waals surface area contributed by atoms with Gasteiger partial charge in [-0.05, 0) is 62.1 Å². The second kappa shape index (κ2) is 9.13. The topological polar surface area (TPSA) is 66.5 Å². The van der Waals surface area contributed by atoms with E-state index in [2.05, 4.69) is 5.32 Å². The van der Waals surface area contributed by atoms with Crippen LogP contribution in [0.5, 0.6) is 0 Å². The molecule has 5 nitrogen and oxygen atoms in total. The smallest absolute Gasteiger partial charge is 0.244 e. The van der Waals surface area contributed by atoms with Gasteiger partial charge in [0.1, 0.15) is 11.9 Å². The highest BCUT2D eigenvalue weighted by atomic mass is 35.5. The largest absolute Gasteiger partial charge is 0.348 e. The number of benzene rings is 2. The minimum absolute atomic E-state index is 0.139. The summed E-state index contributed by atoms with van der Waals surface area (Å²) in [5.41, 5.74) is 3.32. The summed E-state index contributed by atoms with van der Waals surface area (Å²) in [6.45, 7) is 7.56. The molecule has 2 atom stereocenters. The first-order valence-electron chi connectivity index (χ1n) is 9.27. The fourth-order valence-corrected chi connectivity index (χ4v) is 4.49. The molecule has 0 aromatic heterocycles. The standard InChI is InChI=1S/C21H26ClFN2O3S/c1-6-20(21(26)24-15(4)16-8-7-13(2)14(3)11-16)25(29(5,27)28)17-9-10-19(23)18(22)12-17/h7-12,15,20H,6H2,1-5H3,(H,24,26)/t15-,20-/m0/s1. The molecule has 2 aromatic rings. The summed E-state index contributed by atoms with van der Waals surface area (Å²) in [6, 6.07) is 8.18. The van der Waals surface area contributed by atoms with Crippen LogP contribution in [0.2, 0.25) is 5.02 Å². The molecule has 0 bridgehead atoms. The van der Waals surface area contributed by atoms with Crippen LogP contribution in [0.3, 0.4) is 0 Å². The molecule has 0 aliphatic heterocycles. The lowest BCUT2D eigenvalue weighted by atomic mass is 10.0. The summed E-state index contributed by atoms with van der Waals surface area (Å²) >= 11 is 5.83. The van der Waals surface area contributed by atoms with Gasteiger partial charge in [-0.15, -0.1) is 0 Å². The van der Waals surface area contributed by atoms with Crippen molar-refractivity contribution in [3.63, 3.8) is 0 Å². The Hall–Kier alpha value is -2.12. The zero-order valence-electron chi connectivity index (χ0n) is 17.2. The number of carbonyl (C=O) groups excluding carboxylic acids is 1. The predicted molar refractivity (Wildman–Crippen MR) is 115 cm³/mol. The maximum Gasteiger partial charge on any atom is 0.244 e. The number of anilines is 1. The molecule has 0 unspecified atom stereocenters. The van der Waals surface area contributed by atoms with Crippen LogP contribution in [-0.4, -0.2) is 26.6 Å². The van der Waals surface area contributed by atoms with Crippen LogP contribution >= 0.6 is 11.6 Å². The van der Waals surface area contributed by atoms with E-state index in [1.807, 2.05) is 39.0 Å². The Kier molecular flexibility index (Phi) is 7.30. The molecule has 0 spiro atoms. The Morgan fingerprint density at radius 3 is 2.34 bits per heavy atom. The summed E-state index contributed by atoms with van der Waals surface area (Å²) in [4.78, 5) is 13.0. The van der Waals surface area contributed by atoms with Gasteiger partial charge in [0.15, 0.2) is 0 Å². The van der Waals surface area contributed by atoms with E-state index >= 15 is 0 Å². The summed E-state index contributed by atoms with van der Waals surface area (Å²) in [7, 11) is -3.83. The molecule has 8 heteroatoms. The third-order valence-corrected chi connectivity index (χ3v) is 6.35. The maximum atomic E-state index is 13.5. The first-order chi connectivity index (χ1) is 13.5. The van der Waals surface area contributed by atoms with E-state index in [-0.39, 0.29) is 23.2 Å². The molecule has 1 N–H and O–H groups in total. The van der Waals surface area contributed by atoms with E-state index in [0.29, 0.717) is 0 Å².